The Hall–Kier alpha value is -0.200. The van der Waals surface area contributed by atoms with Gasteiger partial charge in [-0.15, -0.1) is 0 Å². The van der Waals surface area contributed by atoms with Crippen molar-refractivity contribution in [2.45, 2.75) is 31.8 Å². The van der Waals surface area contributed by atoms with Gasteiger partial charge in [-0.05, 0) is 37.5 Å². The molecule has 0 atom stereocenters. The lowest BCUT2D eigenvalue weighted by atomic mass is 9.83. The Morgan fingerprint density at radius 2 is 1.06 bits per heavy atom. The van der Waals surface area contributed by atoms with Crippen molar-refractivity contribution in [3.05, 3.63) is 0 Å². The molecule has 0 radical (unpaired) electrons. The third-order valence-corrected chi connectivity index (χ3v) is 2.90. The maximum absolute atomic E-state index is 8.79. The molecule has 16 heavy (non-hydrogen) atoms. The first-order chi connectivity index (χ1) is 7.67. The number of aliphatic hydroxyl groups excluding tert-OH is 5. The molecule has 0 aromatic heterocycles. The number of aliphatic hydroxyl groups is 5. The molecule has 0 unspecified atom stereocenters. The molecule has 1 saturated carbocycles. The predicted molar refractivity (Wildman–Crippen MR) is 59.8 cm³/mol. The monoisotopic (exact) mass is 236 g/mol. The Labute approximate surface area is 96.4 Å². The molecule has 1 aliphatic rings. The molecule has 5 N–H and O–H groups in total. The molecule has 0 aliphatic heterocycles. The first kappa shape index (κ1) is 15.8. The van der Waals surface area contributed by atoms with Gasteiger partial charge >= 0.3 is 0 Å². The van der Waals surface area contributed by atoms with E-state index in [0.717, 1.165) is 25.7 Å². The largest absolute Gasteiger partial charge is 0.396 e. The highest BCUT2D eigenvalue weighted by Gasteiger charge is 2.19. The van der Waals surface area contributed by atoms with Crippen molar-refractivity contribution in [3.63, 3.8) is 0 Å². The van der Waals surface area contributed by atoms with E-state index in [1.807, 2.05) is 0 Å². The van der Waals surface area contributed by atoms with Crippen LogP contribution in [-0.4, -0.2) is 58.1 Å². The molecule has 0 saturated heterocycles. The van der Waals surface area contributed by atoms with E-state index in [2.05, 4.69) is 0 Å². The van der Waals surface area contributed by atoms with Crippen LogP contribution in [0.15, 0.2) is 0 Å². The van der Waals surface area contributed by atoms with Gasteiger partial charge in [0, 0.05) is 13.2 Å². The third kappa shape index (κ3) is 7.14. The van der Waals surface area contributed by atoms with Crippen LogP contribution in [0.4, 0.5) is 0 Å². The Balaban J connectivity index is 0.000000325. The minimum Gasteiger partial charge on any atom is -0.396 e. The smallest absolute Gasteiger partial charge is 0.100 e. The van der Waals surface area contributed by atoms with Crippen LogP contribution in [0.2, 0.25) is 0 Å². The highest BCUT2D eigenvalue weighted by Crippen LogP contribution is 2.27. The molecular weight excluding hydrogens is 212 g/mol. The normalized spacial score (nSPS) is 25.1. The number of rotatable bonds is 4. The molecule has 0 heterocycles. The zero-order chi connectivity index (χ0) is 12.4. The van der Waals surface area contributed by atoms with Gasteiger partial charge in [-0.3, -0.25) is 0 Å². The quantitative estimate of drug-likeness (QED) is 0.436. The van der Waals surface area contributed by atoms with Crippen LogP contribution in [0, 0.1) is 11.8 Å². The van der Waals surface area contributed by atoms with Crippen molar-refractivity contribution < 1.29 is 25.5 Å². The van der Waals surface area contributed by atoms with Gasteiger partial charge in [-0.25, -0.2) is 0 Å². The van der Waals surface area contributed by atoms with E-state index in [9.17, 15) is 0 Å². The van der Waals surface area contributed by atoms with Crippen molar-refractivity contribution in [1.82, 2.24) is 0 Å². The second-order valence-corrected chi connectivity index (χ2v) is 4.27. The summed E-state index contributed by atoms with van der Waals surface area (Å²) in [4.78, 5) is 0. The van der Waals surface area contributed by atoms with Crippen molar-refractivity contribution in [2.24, 2.45) is 11.8 Å². The molecule has 0 aromatic carbocycles. The lowest BCUT2D eigenvalue weighted by Crippen LogP contribution is -2.19. The van der Waals surface area contributed by atoms with Gasteiger partial charge in [-0.2, -0.15) is 0 Å². The molecule has 0 amide bonds. The van der Waals surface area contributed by atoms with Crippen molar-refractivity contribution in [2.75, 3.05) is 26.4 Å². The first-order valence-electron chi connectivity index (χ1n) is 5.79. The molecule has 5 nitrogen and oxygen atoms in total. The van der Waals surface area contributed by atoms with Crippen molar-refractivity contribution in [1.29, 1.82) is 0 Å². The third-order valence-electron chi connectivity index (χ3n) is 2.90. The van der Waals surface area contributed by atoms with E-state index in [0.29, 0.717) is 25.0 Å². The number of hydrogen-bond acceptors (Lipinski definition) is 5. The summed E-state index contributed by atoms with van der Waals surface area (Å²) in [6.07, 6.45) is 3.44. The van der Waals surface area contributed by atoms with Gasteiger partial charge in [0.05, 0.1) is 13.2 Å². The van der Waals surface area contributed by atoms with Gasteiger partial charge < -0.3 is 25.5 Å². The molecule has 1 fully saturated rings. The van der Waals surface area contributed by atoms with Crippen LogP contribution in [0.1, 0.15) is 25.7 Å². The van der Waals surface area contributed by atoms with Crippen molar-refractivity contribution >= 4 is 0 Å². The van der Waals surface area contributed by atoms with Gasteiger partial charge in [0.25, 0.3) is 0 Å². The summed E-state index contributed by atoms with van der Waals surface area (Å²) in [5, 5.41) is 41.6. The minimum absolute atomic E-state index is 0.331. The molecule has 5 heteroatoms. The fraction of sp³-hybridized carbons (Fsp3) is 1.00. The van der Waals surface area contributed by atoms with Crippen LogP contribution in [0.5, 0.6) is 0 Å². The van der Waals surface area contributed by atoms with Crippen LogP contribution in [-0.2, 0) is 0 Å². The van der Waals surface area contributed by atoms with E-state index in [1.54, 1.807) is 0 Å². The highest BCUT2D eigenvalue weighted by atomic mass is 16.3. The van der Waals surface area contributed by atoms with E-state index >= 15 is 0 Å². The molecule has 0 aromatic rings. The average molecular weight is 236 g/mol. The summed E-state index contributed by atoms with van der Waals surface area (Å²) >= 11 is 0. The summed E-state index contributed by atoms with van der Waals surface area (Å²) in [5.41, 5.74) is 0. The molecular formula is C11H24O5. The maximum atomic E-state index is 8.79. The van der Waals surface area contributed by atoms with Gasteiger partial charge in [0.1, 0.15) is 6.10 Å². The summed E-state index contributed by atoms with van der Waals surface area (Å²) in [6, 6.07) is 0. The van der Waals surface area contributed by atoms with E-state index < -0.39 is 6.10 Å². The second-order valence-electron chi connectivity index (χ2n) is 4.27. The summed E-state index contributed by atoms with van der Waals surface area (Å²) in [5.74, 6) is 1.03. The zero-order valence-electron chi connectivity index (χ0n) is 9.62. The van der Waals surface area contributed by atoms with Gasteiger partial charge in [-0.1, -0.05) is 0 Å². The van der Waals surface area contributed by atoms with Gasteiger partial charge in [0.15, 0.2) is 0 Å². The fourth-order valence-corrected chi connectivity index (χ4v) is 1.65. The molecule has 0 bridgehead atoms. The Kier molecular flexibility index (Phi) is 9.86. The van der Waals surface area contributed by atoms with E-state index in [4.69, 9.17) is 25.5 Å². The topological polar surface area (TPSA) is 101 Å². The molecule has 98 valence electrons. The molecule has 0 spiro atoms. The minimum atomic E-state index is -0.954. The summed E-state index contributed by atoms with van der Waals surface area (Å²) in [7, 11) is 0. The average Bonchev–Trinajstić information content (AvgIpc) is 2.38. The van der Waals surface area contributed by atoms with Crippen LogP contribution in [0.25, 0.3) is 0 Å². The van der Waals surface area contributed by atoms with E-state index in [-0.39, 0.29) is 13.2 Å². The Bertz CT molecular complexity index is 129. The summed E-state index contributed by atoms with van der Waals surface area (Å²) in [6.45, 7) is -0.0662. The lowest BCUT2D eigenvalue weighted by Gasteiger charge is -2.25. The maximum Gasteiger partial charge on any atom is 0.100 e. The summed E-state index contributed by atoms with van der Waals surface area (Å²) < 4.78 is 0. The van der Waals surface area contributed by atoms with Crippen LogP contribution in [0.3, 0.4) is 0 Å². The predicted octanol–water partition coefficient (Wildman–Crippen LogP) is -0.891. The standard InChI is InChI=1S/C8H16O2.C3H8O3/c9-5-7-1-2-8(6-10)4-3-7;4-1-3(6)2-5/h7-10H,1-6H2;3-6H,1-2H2. The van der Waals surface area contributed by atoms with Crippen LogP contribution < -0.4 is 0 Å². The van der Waals surface area contributed by atoms with Crippen LogP contribution >= 0.6 is 0 Å². The first-order valence-corrected chi connectivity index (χ1v) is 5.79. The Morgan fingerprint density at radius 1 is 0.750 bits per heavy atom. The SMILES string of the molecule is OCC(O)CO.OCC1CCC(CO)CC1. The highest BCUT2D eigenvalue weighted by molar-refractivity contribution is 4.70. The number of hydrogen-bond donors (Lipinski definition) is 5. The second kappa shape index (κ2) is 9.99. The van der Waals surface area contributed by atoms with Crippen molar-refractivity contribution in [3.8, 4) is 0 Å². The molecule has 1 rings (SSSR count). The van der Waals surface area contributed by atoms with E-state index in [1.165, 1.54) is 0 Å². The van der Waals surface area contributed by atoms with Gasteiger partial charge in [0.2, 0.25) is 0 Å². The fourth-order valence-electron chi connectivity index (χ4n) is 1.65. The molecule has 1 aliphatic carbocycles. The Morgan fingerprint density at radius 3 is 1.19 bits per heavy atom. The zero-order valence-corrected chi connectivity index (χ0v) is 9.62. The lowest BCUT2D eigenvalue weighted by molar-refractivity contribution is 0.0450.